The van der Waals surface area contributed by atoms with E-state index in [1.807, 2.05) is 24.4 Å². The number of carbonyl (C=O) groups is 1. The summed E-state index contributed by atoms with van der Waals surface area (Å²) in [6.45, 7) is 2.19. The fraction of sp³-hybridized carbons (Fsp3) is 0.143. The lowest BCUT2D eigenvalue weighted by Crippen LogP contribution is -2.26. The van der Waals surface area contributed by atoms with Crippen molar-refractivity contribution in [2.24, 2.45) is 0 Å². The van der Waals surface area contributed by atoms with Crippen molar-refractivity contribution in [3.05, 3.63) is 82.5 Å². The van der Waals surface area contributed by atoms with Gasteiger partial charge in [-0.1, -0.05) is 29.8 Å². The smallest absolute Gasteiger partial charge is 0.256 e. The first-order valence-electron chi connectivity index (χ1n) is 8.89. The Bertz CT molecular complexity index is 1150. The van der Waals surface area contributed by atoms with E-state index in [1.165, 1.54) is 16.8 Å². The molecule has 7 heteroatoms. The summed E-state index contributed by atoms with van der Waals surface area (Å²) in [6, 6.07) is 13.8. The first kappa shape index (κ1) is 18.3. The third kappa shape index (κ3) is 3.39. The highest BCUT2D eigenvalue weighted by Gasteiger charge is 2.21. The number of carbonyl (C=O) groups excluding carboxylic acids is 1. The summed E-state index contributed by atoms with van der Waals surface area (Å²) >= 11 is 6.40. The molecule has 2 N–H and O–H groups in total. The summed E-state index contributed by atoms with van der Waals surface area (Å²) in [5.41, 5.74) is 3.64. The summed E-state index contributed by atoms with van der Waals surface area (Å²) in [5, 5.41) is 8.58. The fourth-order valence-electron chi connectivity index (χ4n) is 3.25. The van der Waals surface area contributed by atoms with E-state index in [1.54, 1.807) is 19.1 Å². The van der Waals surface area contributed by atoms with Gasteiger partial charge in [0.1, 0.15) is 11.0 Å². The van der Waals surface area contributed by atoms with Gasteiger partial charge >= 0.3 is 0 Å². The standard InChI is InChI=1S/C21H18ClFN4O/c1-13-19(20(22)27(26-13)16-8-6-15(23)7-9-16)21(28)24-11-10-14-12-25-18-5-3-2-4-17(14)18/h2-9,12,25H,10-11H2,1H3,(H,24,28). The van der Waals surface area contributed by atoms with Crippen molar-refractivity contribution in [3.8, 4) is 5.69 Å². The zero-order valence-electron chi connectivity index (χ0n) is 15.2. The van der Waals surface area contributed by atoms with Crippen LogP contribution in [0.4, 0.5) is 4.39 Å². The van der Waals surface area contributed by atoms with E-state index < -0.39 is 0 Å². The Morgan fingerprint density at radius 1 is 1.21 bits per heavy atom. The number of aryl methyl sites for hydroxylation is 1. The Morgan fingerprint density at radius 3 is 2.75 bits per heavy atom. The molecule has 0 atom stereocenters. The Hall–Kier alpha value is -3.12. The van der Waals surface area contributed by atoms with Crippen molar-refractivity contribution in [1.82, 2.24) is 20.1 Å². The number of halogens is 2. The maximum atomic E-state index is 13.1. The van der Waals surface area contributed by atoms with Gasteiger partial charge in [0.05, 0.1) is 16.9 Å². The highest BCUT2D eigenvalue weighted by Crippen LogP contribution is 2.24. The summed E-state index contributed by atoms with van der Waals surface area (Å²) in [6.07, 6.45) is 2.65. The second-order valence-electron chi connectivity index (χ2n) is 6.50. The number of nitrogens with one attached hydrogen (secondary N) is 2. The van der Waals surface area contributed by atoms with Crippen molar-refractivity contribution >= 4 is 28.4 Å². The second-order valence-corrected chi connectivity index (χ2v) is 6.86. The summed E-state index contributed by atoms with van der Waals surface area (Å²) in [4.78, 5) is 15.9. The normalized spacial score (nSPS) is 11.1. The van der Waals surface area contributed by atoms with Gasteiger partial charge in [0.15, 0.2) is 0 Å². The van der Waals surface area contributed by atoms with Crippen LogP contribution >= 0.6 is 11.6 Å². The number of rotatable bonds is 5. The van der Waals surface area contributed by atoms with Crippen LogP contribution in [0.25, 0.3) is 16.6 Å². The van der Waals surface area contributed by atoms with Gasteiger partial charge in [-0.15, -0.1) is 0 Å². The molecule has 5 nitrogen and oxygen atoms in total. The highest BCUT2D eigenvalue weighted by atomic mass is 35.5. The molecule has 2 aromatic carbocycles. The van der Waals surface area contributed by atoms with Gasteiger partial charge in [0, 0.05) is 23.6 Å². The largest absolute Gasteiger partial charge is 0.361 e. The molecule has 0 fully saturated rings. The first-order valence-corrected chi connectivity index (χ1v) is 9.26. The molecule has 0 bridgehead atoms. The SMILES string of the molecule is Cc1nn(-c2ccc(F)cc2)c(Cl)c1C(=O)NCCc1c[nH]c2ccccc12. The lowest BCUT2D eigenvalue weighted by Gasteiger charge is -2.06. The van der Waals surface area contributed by atoms with Gasteiger partial charge in [0.2, 0.25) is 0 Å². The molecule has 0 aliphatic heterocycles. The van der Waals surface area contributed by atoms with E-state index in [9.17, 15) is 9.18 Å². The van der Waals surface area contributed by atoms with Crippen LogP contribution in [0.15, 0.2) is 54.7 Å². The zero-order chi connectivity index (χ0) is 19.7. The zero-order valence-corrected chi connectivity index (χ0v) is 15.9. The van der Waals surface area contributed by atoms with Gasteiger partial charge in [0.25, 0.3) is 5.91 Å². The third-order valence-electron chi connectivity index (χ3n) is 4.66. The second kappa shape index (κ2) is 7.48. The molecule has 28 heavy (non-hydrogen) atoms. The topological polar surface area (TPSA) is 62.7 Å². The number of para-hydroxylation sites is 1. The van der Waals surface area contributed by atoms with E-state index in [0.717, 1.165) is 16.5 Å². The molecule has 1 amide bonds. The van der Waals surface area contributed by atoms with Crippen LogP contribution in [0.1, 0.15) is 21.6 Å². The summed E-state index contributed by atoms with van der Waals surface area (Å²) < 4.78 is 14.6. The maximum Gasteiger partial charge on any atom is 0.256 e. The van der Waals surface area contributed by atoms with E-state index in [0.29, 0.717) is 29.9 Å². The number of hydrogen-bond donors (Lipinski definition) is 2. The number of aromatic amines is 1. The molecule has 0 spiro atoms. The van der Waals surface area contributed by atoms with Crippen LogP contribution in [0.2, 0.25) is 5.15 Å². The number of aromatic nitrogens is 3. The molecular formula is C21H18ClFN4O. The van der Waals surface area contributed by atoms with Crippen LogP contribution in [-0.2, 0) is 6.42 Å². The average molecular weight is 397 g/mol. The van der Waals surface area contributed by atoms with E-state index in [-0.39, 0.29) is 16.9 Å². The molecule has 4 rings (SSSR count). The average Bonchev–Trinajstić information content (AvgIpc) is 3.23. The molecule has 0 saturated heterocycles. The highest BCUT2D eigenvalue weighted by molar-refractivity contribution is 6.33. The van der Waals surface area contributed by atoms with Crippen LogP contribution in [0.3, 0.4) is 0 Å². The van der Waals surface area contributed by atoms with Crippen LogP contribution in [0.5, 0.6) is 0 Å². The molecule has 2 aromatic heterocycles. The number of H-pyrrole nitrogens is 1. The Balaban J connectivity index is 1.48. The van der Waals surface area contributed by atoms with Crippen molar-refractivity contribution in [1.29, 1.82) is 0 Å². The Labute approximate surface area is 166 Å². The molecule has 142 valence electrons. The van der Waals surface area contributed by atoms with E-state index in [2.05, 4.69) is 21.5 Å². The van der Waals surface area contributed by atoms with Crippen molar-refractivity contribution < 1.29 is 9.18 Å². The molecule has 0 radical (unpaired) electrons. The molecule has 4 aromatic rings. The number of hydrogen-bond acceptors (Lipinski definition) is 2. The molecule has 2 heterocycles. The van der Waals surface area contributed by atoms with Gasteiger partial charge < -0.3 is 10.3 Å². The minimum atomic E-state index is -0.348. The quantitative estimate of drug-likeness (QED) is 0.524. The maximum absolute atomic E-state index is 13.1. The lowest BCUT2D eigenvalue weighted by atomic mass is 10.1. The van der Waals surface area contributed by atoms with Crippen LogP contribution in [-0.4, -0.2) is 27.2 Å². The summed E-state index contributed by atoms with van der Waals surface area (Å²) in [5.74, 6) is -0.630. The number of amides is 1. The Morgan fingerprint density at radius 2 is 1.96 bits per heavy atom. The monoisotopic (exact) mass is 396 g/mol. The number of nitrogens with zero attached hydrogens (tertiary/aromatic N) is 2. The minimum absolute atomic E-state index is 0.203. The first-order chi connectivity index (χ1) is 13.5. The molecule has 0 aliphatic carbocycles. The van der Waals surface area contributed by atoms with Crippen molar-refractivity contribution in [2.75, 3.05) is 6.54 Å². The van der Waals surface area contributed by atoms with E-state index in [4.69, 9.17) is 11.6 Å². The van der Waals surface area contributed by atoms with Gasteiger partial charge in [-0.3, -0.25) is 4.79 Å². The summed E-state index contributed by atoms with van der Waals surface area (Å²) in [7, 11) is 0. The number of fused-ring (bicyclic) bond motifs is 1. The molecule has 0 saturated carbocycles. The lowest BCUT2D eigenvalue weighted by molar-refractivity contribution is 0.0953. The van der Waals surface area contributed by atoms with Crippen LogP contribution < -0.4 is 5.32 Å². The van der Waals surface area contributed by atoms with Crippen molar-refractivity contribution in [2.45, 2.75) is 13.3 Å². The molecular weight excluding hydrogens is 379 g/mol. The predicted molar refractivity (Wildman–Crippen MR) is 108 cm³/mol. The van der Waals surface area contributed by atoms with Gasteiger partial charge in [-0.2, -0.15) is 5.10 Å². The minimum Gasteiger partial charge on any atom is -0.361 e. The third-order valence-corrected chi connectivity index (χ3v) is 5.01. The van der Waals surface area contributed by atoms with Crippen molar-refractivity contribution in [3.63, 3.8) is 0 Å². The predicted octanol–water partition coefficient (Wildman–Crippen LogP) is 4.43. The Kier molecular flexibility index (Phi) is 4.88. The fourth-order valence-corrected chi connectivity index (χ4v) is 3.61. The van der Waals surface area contributed by atoms with Gasteiger partial charge in [-0.05, 0) is 49.2 Å². The molecule has 0 unspecified atom stereocenters. The van der Waals surface area contributed by atoms with Crippen LogP contribution in [0, 0.1) is 12.7 Å². The number of benzene rings is 2. The molecule has 0 aliphatic rings. The van der Waals surface area contributed by atoms with E-state index >= 15 is 0 Å². The van der Waals surface area contributed by atoms with Gasteiger partial charge in [-0.25, -0.2) is 9.07 Å².